The second-order valence-electron chi connectivity index (χ2n) is 7.25. The van der Waals surface area contributed by atoms with E-state index in [0.29, 0.717) is 17.9 Å². The highest BCUT2D eigenvalue weighted by Gasteiger charge is 2.20. The van der Waals surface area contributed by atoms with Gasteiger partial charge in [0.2, 0.25) is 0 Å². The first-order valence-electron chi connectivity index (χ1n) is 9.53. The summed E-state index contributed by atoms with van der Waals surface area (Å²) in [6.07, 6.45) is 1.23. The Morgan fingerprint density at radius 1 is 1.04 bits per heavy atom. The number of aliphatic hydroxyl groups excluding tert-OH is 1. The zero-order chi connectivity index (χ0) is 19.5. The van der Waals surface area contributed by atoms with E-state index in [1.165, 1.54) is 11.1 Å². The topological polar surface area (TPSA) is 58.6 Å². The van der Waals surface area contributed by atoms with Crippen LogP contribution in [0.5, 0.6) is 5.75 Å². The molecule has 4 rings (SSSR count). The fourth-order valence-corrected chi connectivity index (χ4v) is 3.61. The summed E-state index contributed by atoms with van der Waals surface area (Å²) in [4.78, 5) is 12.4. The van der Waals surface area contributed by atoms with E-state index in [4.69, 9.17) is 4.74 Å². The lowest BCUT2D eigenvalue weighted by Crippen LogP contribution is -2.23. The minimum atomic E-state index is -0.533. The maximum atomic E-state index is 12.4. The molecule has 0 saturated carbocycles. The summed E-state index contributed by atoms with van der Waals surface area (Å²) in [7, 11) is 0. The largest absolute Gasteiger partial charge is 0.417 e. The Morgan fingerprint density at radius 3 is 2.64 bits per heavy atom. The van der Waals surface area contributed by atoms with Crippen molar-refractivity contribution in [3.63, 3.8) is 0 Å². The number of benzene rings is 3. The quantitative estimate of drug-likeness (QED) is 0.670. The molecular weight excluding hydrogens is 350 g/mol. The molecule has 0 spiro atoms. The minimum Gasteiger partial charge on any atom is -0.410 e. The number of amides is 1. The van der Waals surface area contributed by atoms with Crippen molar-refractivity contribution in [2.45, 2.75) is 32.3 Å². The fraction of sp³-hybridized carbons (Fsp3) is 0.208. The predicted molar refractivity (Wildman–Crippen MR) is 111 cm³/mol. The lowest BCUT2D eigenvalue weighted by molar-refractivity contribution is 0.158. The summed E-state index contributed by atoms with van der Waals surface area (Å²) in [5.74, 6) is 0.486. The van der Waals surface area contributed by atoms with Crippen molar-refractivity contribution in [1.29, 1.82) is 0 Å². The third kappa shape index (κ3) is 4.07. The third-order valence-corrected chi connectivity index (χ3v) is 5.13. The van der Waals surface area contributed by atoms with Crippen LogP contribution in [0.4, 0.5) is 10.5 Å². The van der Waals surface area contributed by atoms with Gasteiger partial charge in [0.1, 0.15) is 5.75 Å². The number of aryl methyl sites for hydroxylation is 2. The monoisotopic (exact) mass is 373 g/mol. The SMILES string of the molecule is Cc1ccc(-c2cccc(OC(=O)Nc3cccc4c3CC(O)CC4)c2)cc1. The minimum absolute atomic E-state index is 0.363. The van der Waals surface area contributed by atoms with E-state index in [9.17, 15) is 9.90 Å². The van der Waals surface area contributed by atoms with Crippen molar-refractivity contribution < 1.29 is 14.6 Å². The van der Waals surface area contributed by atoms with Crippen molar-refractivity contribution in [1.82, 2.24) is 0 Å². The summed E-state index contributed by atoms with van der Waals surface area (Å²) in [6, 6.07) is 21.5. The zero-order valence-corrected chi connectivity index (χ0v) is 15.8. The Balaban J connectivity index is 1.49. The molecule has 1 aliphatic carbocycles. The van der Waals surface area contributed by atoms with Gasteiger partial charge < -0.3 is 9.84 Å². The number of ether oxygens (including phenoxy) is 1. The van der Waals surface area contributed by atoms with E-state index in [-0.39, 0.29) is 6.10 Å². The maximum Gasteiger partial charge on any atom is 0.417 e. The molecular formula is C24H23NO3. The summed E-state index contributed by atoms with van der Waals surface area (Å²) < 4.78 is 5.51. The van der Waals surface area contributed by atoms with Crippen LogP contribution in [0.1, 0.15) is 23.1 Å². The van der Waals surface area contributed by atoms with Gasteiger partial charge in [-0.25, -0.2) is 4.79 Å². The van der Waals surface area contributed by atoms with Gasteiger partial charge in [0, 0.05) is 12.1 Å². The molecule has 2 N–H and O–H groups in total. The van der Waals surface area contributed by atoms with E-state index in [2.05, 4.69) is 36.5 Å². The summed E-state index contributed by atoms with van der Waals surface area (Å²) >= 11 is 0. The van der Waals surface area contributed by atoms with Crippen LogP contribution < -0.4 is 10.1 Å². The molecule has 4 heteroatoms. The van der Waals surface area contributed by atoms with E-state index in [0.717, 1.165) is 29.5 Å². The highest BCUT2D eigenvalue weighted by Crippen LogP contribution is 2.29. The first-order valence-corrected chi connectivity index (χ1v) is 9.53. The van der Waals surface area contributed by atoms with Gasteiger partial charge in [-0.05, 0) is 60.2 Å². The molecule has 142 valence electrons. The second kappa shape index (κ2) is 7.87. The Labute approximate surface area is 164 Å². The Kier molecular flexibility index (Phi) is 5.13. The van der Waals surface area contributed by atoms with E-state index in [1.807, 2.05) is 36.4 Å². The molecule has 28 heavy (non-hydrogen) atoms. The predicted octanol–water partition coefficient (Wildman–Crippen LogP) is 5.12. The Hall–Kier alpha value is -3.11. The molecule has 4 nitrogen and oxygen atoms in total. The van der Waals surface area contributed by atoms with Crippen LogP contribution >= 0.6 is 0 Å². The standard InChI is InChI=1S/C24H23NO3/c1-16-8-10-17(11-9-16)19-5-2-6-21(14-19)28-24(27)25-23-7-3-4-18-12-13-20(26)15-22(18)23/h2-11,14,20,26H,12-13,15H2,1H3,(H,25,27). The molecule has 0 saturated heterocycles. The molecule has 3 aromatic rings. The lowest BCUT2D eigenvalue weighted by atomic mass is 9.88. The molecule has 0 heterocycles. The number of nitrogens with one attached hydrogen (secondary N) is 1. The first-order chi connectivity index (χ1) is 13.6. The van der Waals surface area contributed by atoms with Crippen molar-refractivity contribution in [2.75, 3.05) is 5.32 Å². The van der Waals surface area contributed by atoms with Crippen molar-refractivity contribution in [2.24, 2.45) is 0 Å². The van der Waals surface area contributed by atoms with Crippen molar-refractivity contribution in [3.05, 3.63) is 83.4 Å². The summed E-state index contributed by atoms with van der Waals surface area (Å²) in [5, 5.41) is 12.8. The normalized spacial score (nSPS) is 15.6. The van der Waals surface area contributed by atoms with Crippen LogP contribution in [-0.2, 0) is 12.8 Å². The average molecular weight is 373 g/mol. The van der Waals surface area contributed by atoms with Crippen LogP contribution in [0.15, 0.2) is 66.7 Å². The number of rotatable bonds is 3. The average Bonchev–Trinajstić information content (AvgIpc) is 2.69. The van der Waals surface area contributed by atoms with Gasteiger partial charge in [-0.3, -0.25) is 5.32 Å². The van der Waals surface area contributed by atoms with Crippen molar-refractivity contribution >= 4 is 11.8 Å². The number of hydrogen-bond donors (Lipinski definition) is 2. The smallest absolute Gasteiger partial charge is 0.410 e. The van der Waals surface area contributed by atoms with Gasteiger partial charge in [-0.15, -0.1) is 0 Å². The maximum absolute atomic E-state index is 12.4. The number of aliphatic hydroxyl groups is 1. The summed E-state index contributed by atoms with van der Waals surface area (Å²) in [5.41, 5.74) is 6.13. The fourth-order valence-electron chi connectivity index (χ4n) is 3.61. The third-order valence-electron chi connectivity index (χ3n) is 5.13. The van der Waals surface area contributed by atoms with Crippen LogP contribution in [0.25, 0.3) is 11.1 Å². The molecule has 1 atom stereocenters. The number of anilines is 1. The molecule has 0 fully saturated rings. The van der Waals surface area contributed by atoms with E-state index >= 15 is 0 Å². The highest BCUT2D eigenvalue weighted by atomic mass is 16.6. The van der Waals surface area contributed by atoms with Crippen LogP contribution in [0.3, 0.4) is 0 Å². The van der Waals surface area contributed by atoms with Crippen LogP contribution in [0, 0.1) is 6.92 Å². The van der Waals surface area contributed by atoms with E-state index in [1.54, 1.807) is 6.07 Å². The Morgan fingerprint density at radius 2 is 1.82 bits per heavy atom. The van der Waals surface area contributed by atoms with Crippen molar-refractivity contribution in [3.8, 4) is 16.9 Å². The van der Waals surface area contributed by atoms with Crippen LogP contribution in [0.2, 0.25) is 0 Å². The van der Waals surface area contributed by atoms with Gasteiger partial charge in [-0.2, -0.15) is 0 Å². The highest BCUT2D eigenvalue weighted by molar-refractivity contribution is 5.88. The zero-order valence-electron chi connectivity index (χ0n) is 15.8. The lowest BCUT2D eigenvalue weighted by Gasteiger charge is -2.23. The molecule has 3 aromatic carbocycles. The van der Waals surface area contributed by atoms with Gasteiger partial charge in [0.15, 0.2) is 0 Å². The molecule has 1 aliphatic rings. The van der Waals surface area contributed by atoms with Gasteiger partial charge in [-0.1, -0.05) is 54.1 Å². The molecule has 0 aliphatic heterocycles. The van der Waals surface area contributed by atoms with Gasteiger partial charge >= 0.3 is 6.09 Å². The van der Waals surface area contributed by atoms with E-state index < -0.39 is 6.09 Å². The number of carbonyl (C=O) groups is 1. The second-order valence-corrected chi connectivity index (χ2v) is 7.25. The first kappa shape index (κ1) is 18.3. The van der Waals surface area contributed by atoms with Gasteiger partial charge in [0.25, 0.3) is 0 Å². The Bertz CT molecular complexity index is 995. The van der Waals surface area contributed by atoms with Gasteiger partial charge in [0.05, 0.1) is 6.10 Å². The molecule has 0 aromatic heterocycles. The number of carbonyl (C=O) groups excluding carboxylic acids is 1. The number of fused-ring (bicyclic) bond motifs is 1. The number of hydrogen-bond acceptors (Lipinski definition) is 3. The molecule has 0 radical (unpaired) electrons. The molecule has 0 bridgehead atoms. The molecule has 1 amide bonds. The summed E-state index contributed by atoms with van der Waals surface area (Å²) in [6.45, 7) is 2.05. The molecule has 1 unspecified atom stereocenters. The van der Waals surface area contributed by atoms with Crippen LogP contribution in [-0.4, -0.2) is 17.3 Å².